The lowest BCUT2D eigenvalue weighted by molar-refractivity contribution is 0.0917. The molecule has 1 aliphatic heterocycles. The standard InChI is InChI=1S/C27H35N3O4S2/c1-5-15-29(16-6-2)36(32,33)23-12-10-21(11-13-23)26(31)30(18-22-8-7-17-34-22)27-28-25-20(4)19(3)9-14-24(25)35-27/h9-14,22H,5-8,15-18H2,1-4H3. The summed E-state index contributed by atoms with van der Waals surface area (Å²) in [5.41, 5.74) is 3.61. The van der Waals surface area contributed by atoms with Crippen molar-refractivity contribution in [1.29, 1.82) is 0 Å². The lowest BCUT2D eigenvalue weighted by Gasteiger charge is -2.24. The van der Waals surface area contributed by atoms with E-state index in [0.717, 1.165) is 47.0 Å². The molecular formula is C27H35N3O4S2. The van der Waals surface area contributed by atoms with Gasteiger partial charge < -0.3 is 4.74 Å². The highest BCUT2D eigenvalue weighted by molar-refractivity contribution is 7.89. The van der Waals surface area contributed by atoms with Gasteiger partial charge in [0.1, 0.15) is 0 Å². The van der Waals surface area contributed by atoms with Gasteiger partial charge in [-0.1, -0.05) is 31.3 Å². The molecule has 1 unspecified atom stereocenters. The Morgan fingerprint density at radius 1 is 1.08 bits per heavy atom. The zero-order chi connectivity index (χ0) is 25.9. The molecule has 7 nitrogen and oxygen atoms in total. The fourth-order valence-corrected chi connectivity index (χ4v) is 7.15. The predicted molar refractivity (Wildman–Crippen MR) is 146 cm³/mol. The topological polar surface area (TPSA) is 79.8 Å². The van der Waals surface area contributed by atoms with Crippen LogP contribution in [0.15, 0.2) is 41.3 Å². The Balaban J connectivity index is 1.66. The molecule has 1 aliphatic rings. The van der Waals surface area contributed by atoms with Gasteiger partial charge >= 0.3 is 0 Å². The van der Waals surface area contributed by atoms with Crippen molar-refractivity contribution in [3.63, 3.8) is 0 Å². The molecule has 0 saturated carbocycles. The van der Waals surface area contributed by atoms with Crippen molar-refractivity contribution in [2.75, 3.05) is 31.1 Å². The average Bonchev–Trinajstić information content (AvgIpc) is 3.54. The zero-order valence-electron chi connectivity index (χ0n) is 21.5. The van der Waals surface area contributed by atoms with Crippen molar-refractivity contribution in [3.8, 4) is 0 Å². The number of sulfonamides is 1. The Bertz CT molecular complexity index is 1310. The number of carbonyl (C=O) groups is 1. The van der Waals surface area contributed by atoms with E-state index < -0.39 is 10.0 Å². The summed E-state index contributed by atoms with van der Waals surface area (Å²) in [5.74, 6) is -0.207. The van der Waals surface area contributed by atoms with Crippen LogP contribution in [0.5, 0.6) is 0 Å². The van der Waals surface area contributed by atoms with E-state index in [9.17, 15) is 13.2 Å². The van der Waals surface area contributed by atoms with Crippen LogP contribution in [0.1, 0.15) is 61.0 Å². The number of aromatic nitrogens is 1. The first-order valence-corrected chi connectivity index (χ1v) is 14.9. The molecule has 1 fully saturated rings. The smallest absolute Gasteiger partial charge is 0.260 e. The molecule has 1 atom stereocenters. The summed E-state index contributed by atoms with van der Waals surface area (Å²) >= 11 is 1.49. The molecule has 9 heteroatoms. The number of amides is 1. The molecular weight excluding hydrogens is 494 g/mol. The number of thiazole rings is 1. The van der Waals surface area contributed by atoms with Crippen molar-refractivity contribution >= 4 is 42.6 Å². The predicted octanol–water partition coefficient (Wildman–Crippen LogP) is 5.55. The first-order chi connectivity index (χ1) is 17.3. The molecule has 2 heterocycles. The lowest BCUT2D eigenvalue weighted by Crippen LogP contribution is -2.37. The fraction of sp³-hybridized carbons (Fsp3) is 0.481. The minimum atomic E-state index is -3.61. The van der Waals surface area contributed by atoms with E-state index in [1.165, 1.54) is 27.8 Å². The Kier molecular flexibility index (Phi) is 8.44. The molecule has 4 rings (SSSR count). The van der Waals surface area contributed by atoms with Crippen molar-refractivity contribution < 1.29 is 17.9 Å². The number of benzene rings is 2. The Hall–Kier alpha value is -2.33. The third-order valence-corrected chi connectivity index (χ3v) is 9.60. The molecule has 194 valence electrons. The summed E-state index contributed by atoms with van der Waals surface area (Å²) in [6.45, 7) is 10.1. The monoisotopic (exact) mass is 529 g/mol. The number of rotatable bonds is 10. The largest absolute Gasteiger partial charge is 0.376 e. The normalized spacial score (nSPS) is 16.2. The van der Waals surface area contributed by atoms with Crippen molar-refractivity contribution in [2.24, 2.45) is 0 Å². The van der Waals surface area contributed by atoms with E-state index in [0.29, 0.717) is 36.9 Å². The van der Waals surface area contributed by atoms with Gasteiger partial charge in [-0.25, -0.2) is 13.4 Å². The van der Waals surface area contributed by atoms with Crippen LogP contribution >= 0.6 is 11.3 Å². The van der Waals surface area contributed by atoms with Crippen molar-refractivity contribution in [2.45, 2.75) is 64.4 Å². The van der Waals surface area contributed by atoms with Crippen LogP contribution in [0.3, 0.4) is 0 Å². The van der Waals surface area contributed by atoms with Crippen LogP contribution in [-0.2, 0) is 14.8 Å². The summed E-state index contributed by atoms with van der Waals surface area (Å²) in [6.07, 6.45) is 3.32. The summed E-state index contributed by atoms with van der Waals surface area (Å²) in [5, 5.41) is 0.632. The van der Waals surface area contributed by atoms with E-state index in [-0.39, 0.29) is 16.9 Å². The van der Waals surface area contributed by atoms with Gasteiger partial charge in [0, 0.05) is 25.3 Å². The van der Waals surface area contributed by atoms with Crippen molar-refractivity contribution in [3.05, 3.63) is 53.1 Å². The number of anilines is 1. The Morgan fingerprint density at radius 3 is 2.39 bits per heavy atom. The molecule has 1 saturated heterocycles. The first-order valence-electron chi connectivity index (χ1n) is 12.7. The number of ether oxygens (including phenoxy) is 1. The van der Waals surface area contributed by atoms with Crippen LogP contribution < -0.4 is 4.90 Å². The summed E-state index contributed by atoms with van der Waals surface area (Å²) < 4.78 is 34.7. The van der Waals surface area contributed by atoms with Crippen LogP contribution in [0.25, 0.3) is 10.2 Å². The molecule has 36 heavy (non-hydrogen) atoms. The number of nitrogens with zero attached hydrogens (tertiary/aromatic N) is 3. The molecule has 0 spiro atoms. The van der Waals surface area contributed by atoms with Gasteiger partial charge in [-0.2, -0.15) is 4.31 Å². The van der Waals surface area contributed by atoms with Gasteiger partial charge in [0.05, 0.1) is 27.8 Å². The molecule has 0 aliphatic carbocycles. The summed E-state index contributed by atoms with van der Waals surface area (Å²) in [7, 11) is -3.61. The average molecular weight is 530 g/mol. The molecule has 2 aromatic carbocycles. The van der Waals surface area contributed by atoms with Gasteiger partial charge in [0.2, 0.25) is 10.0 Å². The van der Waals surface area contributed by atoms with E-state index in [2.05, 4.69) is 13.0 Å². The second-order valence-corrected chi connectivity index (χ2v) is 12.3. The third-order valence-electron chi connectivity index (χ3n) is 6.64. The van der Waals surface area contributed by atoms with E-state index >= 15 is 0 Å². The Labute approximate surface area is 218 Å². The highest BCUT2D eigenvalue weighted by atomic mass is 32.2. The maximum Gasteiger partial charge on any atom is 0.260 e. The van der Waals surface area contributed by atoms with E-state index in [1.807, 2.05) is 26.8 Å². The SMILES string of the molecule is CCCN(CCC)S(=O)(=O)c1ccc(C(=O)N(CC2CCCO2)c2nc3c(C)c(C)ccc3s2)cc1. The quantitative estimate of drug-likeness (QED) is 0.344. The third kappa shape index (κ3) is 5.49. The summed E-state index contributed by atoms with van der Waals surface area (Å²) in [6, 6.07) is 10.4. The Morgan fingerprint density at radius 2 is 1.78 bits per heavy atom. The highest BCUT2D eigenvalue weighted by Gasteiger charge is 2.28. The second-order valence-electron chi connectivity index (χ2n) is 9.33. The number of carbonyl (C=O) groups excluding carboxylic acids is 1. The highest BCUT2D eigenvalue weighted by Crippen LogP contribution is 2.33. The molecule has 0 bridgehead atoms. The van der Waals surface area contributed by atoms with Crippen LogP contribution in [0.4, 0.5) is 5.13 Å². The van der Waals surface area contributed by atoms with Crippen LogP contribution in [-0.4, -0.2) is 56.0 Å². The molecule has 0 radical (unpaired) electrons. The van der Waals surface area contributed by atoms with Crippen molar-refractivity contribution in [1.82, 2.24) is 9.29 Å². The molecule has 3 aromatic rings. The van der Waals surface area contributed by atoms with E-state index in [4.69, 9.17) is 9.72 Å². The minimum absolute atomic E-state index is 0.0416. The molecule has 0 N–H and O–H groups in total. The van der Waals surface area contributed by atoms with Gasteiger partial charge in [-0.05, 0) is 81.0 Å². The van der Waals surface area contributed by atoms with Crippen LogP contribution in [0, 0.1) is 13.8 Å². The maximum atomic E-state index is 13.7. The number of fused-ring (bicyclic) bond motifs is 1. The summed E-state index contributed by atoms with van der Waals surface area (Å²) in [4.78, 5) is 20.5. The number of hydrogen-bond donors (Lipinski definition) is 0. The maximum absolute atomic E-state index is 13.7. The number of hydrogen-bond acceptors (Lipinski definition) is 6. The van der Waals surface area contributed by atoms with Crippen LogP contribution in [0.2, 0.25) is 0 Å². The lowest BCUT2D eigenvalue weighted by atomic mass is 10.1. The number of aryl methyl sites for hydroxylation is 2. The minimum Gasteiger partial charge on any atom is -0.376 e. The first kappa shape index (κ1) is 26.7. The zero-order valence-corrected chi connectivity index (χ0v) is 23.1. The van der Waals surface area contributed by atoms with Gasteiger partial charge in [-0.3, -0.25) is 9.69 Å². The molecule has 1 amide bonds. The second kappa shape index (κ2) is 11.4. The molecule has 1 aromatic heterocycles. The van der Waals surface area contributed by atoms with Gasteiger partial charge in [0.15, 0.2) is 5.13 Å². The van der Waals surface area contributed by atoms with E-state index in [1.54, 1.807) is 17.0 Å². The fourth-order valence-electron chi connectivity index (χ4n) is 4.49. The van der Waals surface area contributed by atoms with Gasteiger partial charge in [-0.15, -0.1) is 0 Å². The van der Waals surface area contributed by atoms with Gasteiger partial charge in [0.25, 0.3) is 5.91 Å².